The van der Waals surface area contributed by atoms with Crippen LogP contribution in [0.5, 0.6) is 0 Å². The monoisotopic (exact) mass is 409 g/mol. The zero-order chi connectivity index (χ0) is 21.0. The number of aryl methyl sites for hydroxylation is 1. The lowest BCUT2D eigenvalue weighted by molar-refractivity contribution is 0.0446. The fraction of sp³-hybridized carbons (Fsp3) is 0.444. The summed E-state index contributed by atoms with van der Waals surface area (Å²) in [6, 6.07) is 0. The average Bonchev–Trinajstić information content (AvgIpc) is 3.19. The van der Waals surface area contributed by atoms with Gasteiger partial charge in [0, 0.05) is 18.5 Å². The molecule has 0 aliphatic rings. The Balaban J connectivity index is 2.37. The minimum absolute atomic E-state index is 0.0318. The number of ether oxygens (including phenoxy) is 2. The maximum absolute atomic E-state index is 12.6. The number of anilines is 1. The van der Waals surface area contributed by atoms with Gasteiger partial charge in [0.2, 0.25) is 0 Å². The molecule has 152 valence electrons. The molecule has 28 heavy (non-hydrogen) atoms. The lowest BCUT2D eigenvalue weighted by Crippen LogP contribution is -2.20. The Morgan fingerprint density at radius 3 is 2.43 bits per heavy atom. The van der Waals surface area contributed by atoms with Gasteiger partial charge in [0.1, 0.15) is 27.6 Å². The van der Waals surface area contributed by atoms with E-state index in [2.05, 4.69) is 10.5 Å². The highest BCUT2D eigenvalue weighted by molar-refractivity contribution is 7.18. The first kappa shape index (κ1) is 21.4. The second-order valence-corrected chi connectivity index (χ2v) is 7.24. The highest BCUT2D eigenvalue weighted by atomic mass is 32.1. The number of rotatable bonds is 7. The Morgan fingerprint density at radius 1 is 1.21 bits per heavy atom. The van der Waals surface area contributed by atoms with Crippen LogP contribution in [-0.4, -0.2) is 36.7 Å². The molecule has 0 bridgehead atoms. The first-order valence-corrected chi connectivity index (χ1v) is 9.48. The summed E-state index contributed by atoms with van der Waals surface area (Å²) in [5.74, 6) is -1.45. The van der Waals surface area contributed by atoms with Gasteiger partial charge in [-0.1, -0.05) is 19.0 Å². The number of carbonyl (C=O) groups excluding carboxylic acids is 3. The first-order chi connectivity index (χ1) is 13.2. The van der Waals surface area contributed by atoms with E-state index < -0.39 is 17.8 Å². The fourth-order valence-corrected chi connectivity index (χ4v) is 3.59. The lowest BCUT2D eigenvalue weighted by atomic mass is 10.1. The van der Waals surface area contributed by atoms with Crippen molar-refractivity contribution in [1.82, 2.24) is 10.5 Å². The Kier molecular flexibility index (Phi) is 6.79. The van der Waals surface area contributed by atoms with E-state index in [1.807, 2.05) is 13.8 Å². The molecule has 10 heteroatoms. The molecular weight excluding hydrogens is 386 g/mol. The summed E-state index contributed by atoms with van der Waals surface area (Å²) in [4.78, 5) is 37.3. The fourth-order valence-electron chi connectivity index (χ4n) is 2.59. The molecule has 0 aromatic carbocycles. The molecule has 0 saturated heterocycles. The van der Waals surface area contributed by atoms with Gasteiger partial charge in [-0.15, -0.1) is 11.3 Å². The molecule has 0 atom stereocenters. The predicted octanol–water partition coefficient (Wildman–Crippen LogP) is 2.64. The van der Waals surface area contributed by atoms with Gasteiger partial charge in [0.25, 0.3) is 5.91 Å². The third-order valence-electron chi connectivity index (χ3n) is 3.91. The van der Waals surface area contributed by atoms with Crippen molar-refractivity contribution in [2.45, 2.75) is 40.2 Å². The summed E-state index contributed by atoms with van der Waals surface area (Å²) >= 11 is 0.931. The molecular formula is C18H23N3O6S. The van der Waals surface area contributed by atoms with Gasteiger partial charge >= 0.3 is 11.9 Å². The molecule has 0 aliphatic carbocycles. The van der Waals surface area contributed by atoms with E-state index >= 15 is 0 Å². The van der Waals surface area contributed by atoms with Gasteiger partial charge in [0.05, 0.1) is 12.3 Å². The molecule has 2 rings (SSSR count). The number of nitrogens with two attached hydrogens (primary N) is 1. The van der Waals surface area contributed by atoms with E-state index in [-0.39, 0.29) is 45.7 Å². The standard InChI is InChI=1S/C18H23N3O6S/c1-6-25-18(24)12-10(14(16(22)20-5)28-15(12)19)7-26-17(23)11-9(4)21-27-13(11)8(2)3/h8H,6-7,19H2,1-5H3,(H,20,22). The zero-order valence-corrected chi connectivity index (χ0v) is 17.2. The van der Waals surface area contributed by atoms with E-state index in [1.165, 1.54) is 7.05 Å². The smallest absolute Gasteiger partial charge is 0.344 e. The van der Waals surface area contributed by atoms with Crippen LogP contribution in [0.3, 0.4) is 0 Å². The molecule has 1 amide bonds. The van der Waals surface area contributed by atoms with Crippen LogP contribution in [0.2, 0.25) is 0 Å². The molecule has 0 saturated carbocycles. The number of amides is 1. The summed E-state index contributed by atoms with van der Waals surface area (Å²) in [7, 11) is 1.45. The van der Waals surface area contributed by atoms with Crippen LogP contribution < -0.4 is 11.1 Å². The molecule has 3 N–H and O–H groups in total. The van der Waals surface area contributed by atoms with E-state index in [0.29, 0.717) is 11.5 Å². The number of nitrogens with zero attached hydrogens (tertiary/aromatic N) is 1. The van der Waals surface area contributed by atoms with Crippen molar-refractivity contribution in [3.63, 3.8) is 0 Å². The molecule has 0 radical (unpaired) electrons. The van der Waals surface area contributed by atoms with Gasteiger partial charge in [-0.3, -0.25) is 4.79 Å². The third kappa shape index (κ3) is 4.16. The van der Waals surface area contributed by atoms with Crippen LogP contribution >= 0.6 is 11.3 Å². The largest absolute Gasteiger partial charge is 0.462 e. The van der Waals surface area contributed by atoms with Crippen molar-refractivity contribution in [1.29, 1.82) is 0 Å². The van der Waals surface area contributed by atoms with Crippen molar-refractivity contribution in [2.24, 2.45) is 0 Å². The number of nitrogens with one attached hydrogen (secondary N) is 1. The zero-order valence-electron chi connectivity index (χ0n) is 16.4. The Hall–Kier alpha value is -2.88. The van der Waals surface area contributed by atoms with Gasteiger partial charge < -0.3 is 25.0 Å². The van der Waals surface area contributed by atoms with Crippen molar-refractivity contribution in [3.05, 3.63) is 33.0 Å². The molecule has 9 nitrogen and oxygen atoms in total. The molecule has 2 heterocycles. The van der Waals surface area contributed by atoms with Crippen molar-refractivity contribution in [3.8, 4) is 0 Å². The van der Waals surface area contributed by atoms with E-state index in [1.54, 1.807) is 13.8 Å². The maximum Gasteiger partial charge on any atom is 0.344 e. The molecule has 0 fully saturated rings. The van der Waals surface area contributed by atoms with E-state index in [4.69, 9.17) is 19.7 Å². The van der Waals surface area contributed by atoms with Crippen LogP contribution in [0.1, 0.15) is 74.1 Å². The van der Waals surface area contributed by atoms with Crippen molar-refractivity contribution in [2.75, 3.05) is 19.4 Å². The number of aromatic nitrogens is 1. The SMILES string of the molecule is CCOC(=O)c1c(N)sc(C(=O)NC)c1COC(=O)c1c(C)noc1C(C)C. The summed E-state index contributed by atoms with van der Waals surface area (Å²) in [5.41, 5.74) is 6.79. The normalized spacial score (nSPS) is 10.8. The van der Waals surface area contributed by atoms with Gasteiger partial charge in [-0.2, -0.15) is 0 Å². The van der Waals surface area contributed by atoms with E-state index in [9.17, 15) is 14.4 Å². The van der Waals surface area contributed by atoms with E-state index in [0.717, 1.165) is 11.3 Å². The number of esters is 2. The predicted molar refractivity (Wildman–Crippen MR) is 103 cm³/mol. The second-order valence-electron chi connectivity index (χ2n) is 6.19. The van der Waals surface area contributed by atoms with Crippen LogP contribution in [0.15, 0.2) is 4.52 Å². The topological polar surface area (TPSA) is 134 Å². The summed E-state index contributed by atoms with van der Waals surface area (Å²) in [6.45, 7) is 6.82. The number of thiophene rings is 1. The van der Waals surface area contributed by atoms with Crippen LogP contribution in [0.4, 0.5) is 5.00 Å². The van der Waals surface area contributed by atoms with Crippen LogP contribution in [0.25, 0.3) is 0 Å². The summed E-state index contributed by atoms with van der Waals surface area (Å²) in [6.07, 6.45) is 0. The van der Waals surface area contributed by atoms with Gasteiger partial charge in [0.15, 0.2) is 5.76 Å². The Bertz CT molecular complexity index is 900. The number of nitrogen functional groups attached to an aromatic ring is 1. The van der Waals surface area contributed by atoms with Crippen molar-refractivity contribution >= 4 is 34.2 Å². The Morgan fingerprint density at radius 2 is 1.86 bits per heavy atom. The number of hydrogen-bond acceptors (Lipinski definition) is 9. The summed E-state index contributed by atoms with van der Waals surface area (Å²) in [5, 5.41) is 6.41. The van der Waals surface area contributed by atoms with Crippen LogP contribution in [0, 0.1) is 6.92 Å². The minimum atomic E-state index is -0.679. The average molecular weight is 409 g/mol. The second kappa shape index (κ2) is 8.87. The molecule has 0 aliphatic heterocycles. The highest BCUT2D eigenvalue weighted by Crippen LogP contribution is 2.33. The first-order valence-electron chi connectivity index (χ1n) is 8.66. The maximum atomic E-state index is 12.6. The minimum Gasteiger partial charge on any atom is -0.462 e. The number of hydrogen-bond donors (Lipinski definition) is 2. The lowest BCUT2D eigenvalue weighted by Gasteiger charge is -2.09. The summed E-state index contributed by atoms with van der Waals surface area (Å²) < 4.78 is 15.6. The Labute approximate surface area is 166 Å². The van der Waals surface area contributed by atoms with Gasteiger partial charge in [-0.25, -0.2) is 9.59 Å². The third-order valence-corrected chi connectivity index (χ3v) is 4.97. The van der Waals surface area contributed by atoms with Crippen LogP contribution in [-0.2, 0) is 16.1 Å². The number of carbonyl (C=O) groups is 3. The van der Waals surface area contributed by atoms with Crippen molar-refractivity contribution < 1.29 is 28.4 Å². The molecule has 0 spiro atoms. The molecule has 2 aromatic heterocycles. The quantitative estimate of drug-likeness (QED) is 0.667. The molecule has 0 unspecified atom stereocenters. The van der Waals surface area contributed by atoms with Gasteiger partial charge in [-0.05, 0) is 13.8 Å². The highest BCUT2D eigenvalue weighted by Gasteiger charge is 2.29. The molecule has 2 aromatic rings.